The lowest BCUT2D eigenvalue weighted by Gasteiger charge is -2.37. The molecule has 4 heteroatoms. The van der Waals surface area contributed by atoms with Crippen molar-refractivity contribution in [1.82, 2.24) is 9.80 Å². The van der Waals surface area contributed by atoms with Crippen molar-refractivity contribution < 1.29 is 10.2 Å². The standard InChI is InChI=1S/C13H20N2O2/c1-14-5-7-15(8-6-14)13(10-16)11-3-2-4-12(17)9-11/h2-4,9,13,16-17H,5-8,10H2,1H3. The Balaban J connectivity index is 2.10. The van der Waals surface area contributed by atoms with Crippen LogP contribution < -0.4 is 0 Å². The van der Waals surface area contributed by atoms with Crippen LogP contribution in [0.3, 0.4) is 0 Å². The topological polar surface area (TPSA) is 46.9 Å². The van der Waals surface area contributed by atoms with Crippen molar-refractivity contribution in [3.8, 4) is 5.75 Å². The summed E-state index contributed by atoms with van der Waals surface area (Å²) in [5.41, 5.74) is 0.983. The average molecular weight is 236 g/mol. The number of nitrogens with zero attached hydrogens (tertiary/aromatic N) is 2. The number of aromatic hydroxyl groups is 1. The van der Waals surface area contributed by atoms with Crippen molar-refractivity contribution in [3.63, 3.8) is 0 Å². The molecule has 1 fully saturated rings. The van der Waals surface area contributed by atoms with Gasteiger partial charge in [0.05, 0.1) is 12.6 Å². The van der Waals surface area contributed by atoms with Gasteiger partial charge in [0.1, 0.15) is 5.75 Å². The van der Waals surface area contributed by atoms with Crippen LogP contribution in [0.2, 0.25) is 0 Å². The van der Waals surface area contributed by atoms with Crippen molar-refractivity contribution >= 4 is 0 Å². The molecule has 2 rings (SSSR count). The van der Waals surface area contributed by atoms with Crippen LogP contribution in [0.4, 0.5) is 0 Å². The highest BCUT2D eigenvalue weighted by Crippen LogP contribution is 2.24. The highest BCUT2D eigenvalue weighted by Gasteiger charge is 2.23. The van der Waals surface area contributed by atoms with Crippen LogP contribution in [-0.2, 0) is 0 Å². The zero-order valence-electron chi connectivity index (χ0n) is 10.2. The van der Waals surface area contributed by atoms with E-state index in [2.05, 4.69) is 16.8 Å². The van der Waals surface area contributed by atoms with Gasteiger partial charge in [-0.1, -0.05) is 12.1 Å². The van der Waals surface area contributed by atoms with Gasteiger partial charge in [-0.3, -0.25) is 4.90 Å². The lowest BCUT2D eigenvalue weighted by molar-refractivity contribution is 0.0747. The molecule has 17 heavy (non-hydrogen) atoms. The summed E-state index contributed by atoms with van der Waals surface area (Å²) in [4.78, 5) is 4.56. The molecular formula is C13H20N2O2. The fourth-order valence-electron chi connectivity index (χ4n) is 2.30. The van der Waals surface area contributed by atoms with Crippen molar-refractivity contribution in [3.05, 3.63) is 29.8 Å². The maximum absolute atomic E-state index is 9.55. The van der Waals surface area contributed by atoms with E-state index in [-0.39, 0.29) is 18.4 Å². The van der Waals surface area contributed by atoms with Gasteiger partial charge >= 0.3 is 0 Å². The fourth-order valence-corrected chi connectivity index (χ4v) is 2.30. The molecule has 1 unspecified atom stereocenters. The molecule has 4 nitrogen and oxygen atoms in total. The Labute approximate surface area is 102 Å². The van der Waals surface area contributed by atoms with E-state index >= 15 is 0 Å². The van der Waals surface area contributed by atoms with Crippen molar-refractivity contribution in [2.75, 3.05) is 39.8 Å². The van der Waals surface area contributed by atoms with Crippen LogP contribution in [-0.4, -0.2) is 59.8 Å². The molecule has 94 valence electrons. The molecule has 1 heterocycles. The monoisotopic (exact) mass is 236 g/mol. The van der Waals surface area contributed by atoms with Crippen LogP contribution >= 0.6 is 0 Å². The molecule has 1 aromatic rings. The summed E-state index contributed by atoms with van der Waals surface area (Å²) < 4.78 is 0. The van der Waals surface area contributed by atoms with E-state index in [9.17, 15) is 10.2 Å². The number of rotatable bonds is 3. The quantitative estimate of drug-likeness (QED) is 0.810. The number of hydrogen-bond donors (Lipinski definition) is 2. The first kappa shape index (κ1) is 12.4. The Kier molecular flexibility index (Phi) is 3.99. The van der Waals surface area contributed by atoms with Gasteiger partial charge in [-0.15, -0.1) is 0 Å². The second kappa shape index (κ2) is 5.49. The summed E-state index contributed by atoms with van der Waals surface area (Å²) in [6.45, 7) is 4.05. The van der Waals surface area contributed by atoms with Crippen molar-refractivity contribution in [2.45, 2.75) is 6.04 Å². The zero-order valence-corrected chi connectivity index (χ0v) is 10.2. The summed E-state index contributed by atoms with van der Waals surface area (Å²) in [7, 11) is 2.11. The number of likely N-dealkylation sites (N-methyl/N-ethyl adjacent to an activating group) is 1. The number of aliphatic hydroxyl groups excluding tert-OH is 1. The summed E-state index contributed by atoms with van der Waals surface area (Å²) in [5, 5.41) is 19.0. The third kappa shape index (κ3) is 2.97. The van der Waals surface area contributed by atoms with Crippen LogP contribution in [0, 0.1) is 0 Å². The highest BCUT2D eigenvalue weighted by molar-refractivity contribution is 5.29. The van der Waals surface area contributed by atoms with E-state index in [0.717, 1.165) is 31.7 Å². The van der Waals surface area contributed by atoms with E-state index < -0.39 is 0 Å². The molecule has 1 atom stereocenters. The molecule has 1 aromatic carbocycles. The van der Waals surface area contributed by atoms with Gasteiger partial charge in [0.25, 0.3) is 0 Å². The molecule has 1 aliphatic rings. The van der Waals surface area contributed by atoms with Gasteiger partial charge in [-0.25, -0.2) is 0 Å². The number of aliphatic hydroxyl groups is 1. The van der Waals surface area contributed by atoms with Crippen LogP contribution in [0.15, 0.2) is 24.3 Å². The van der Waals surface area contributed by atoms with Crippen LogP contribution in [0.5, 0.6) is 5.75 Å². The molecule has 0 radical (unpaired) electrons. The van der Waals surface area contributed by atoms with E-state index in [4.69, 9.17) is 0 Å². The number of benzene rings is 1. The summed E-state index contributed by atoms with van der Waals surface area (Å²) in [6, 6.07) is 7.17. The minimum absolute atomic E-state index is 0.00389. The predicted molar refractivity (Wildman–Crippen MR) is 67.0 cm³/mol. The lowest BCUT2D eigenvalue weighted by atomic mass is 10.0. The molecule has 0 saturated carbocycles. The van der Waals surface area contributed by atoms with Gasteiger partial charge in [0.15, 0.2) is 0 Å². The average Bonchev–Trinajstić information content (AvgIpc) is 2.33. The molecule has 1 aliphatic heterocycles. The van der Waals surface area contributed by atoms with E-state index in [1.807, 2.05) is 12.1 Å². The lowest BCUT2D eigenvalue weighted by Crippen LogP contribution is -2.46. The van der Waals surface area contributed by atoms with Crippen molar-refractivity contribution in [2.24, 2.45) is 0 Å². The second-order valence-electron chi connectivity index (χ2n) is 4.63. The third-order valence-electron chi connectivity index (χ3n) is 3.41. The molecule has 0 spiro atoms. The Hall–Kier alpha value is -1.10. The Morgan fingerprint density at radius 2 is 1.94 bits per heavy atom. The Morgan fingerprint density at radius 1 is 1.24 bits per heavy atom. The normalized spacial score (nSPS) is 20.4. The Bertz CT molecular complexity index is 362. The maximum Gasteiger partial charge on any atom is 0.115 e. The third-order valence-corrected chi connectivity index (χ3v) is 3.41. The second-order valence-corrected chi connectivity index (χ2v) is 4.63. The molecule has 0 bridgehead atoms. The first-order valence-corrected chi connectivity index (χ1v) is 6.03. The zero-order chi connectivity index (χ0) is 12.3. The van der Waals surface area contributed by atoms with Crippen LogP contribution in [0.25, 0.3) is 0 Å². The van der Waals surface area contributed by atoms with E-state index in [0.29, 0.717) is 0 Å². The minimum atomic E-state index is -0.00389. The number of phenolic OH excluding ortho intramolecular Hbond substituents is 1. The van der Waals surface area contributed by atoms with Gasteiger partial charge in [0.2, 0.25) is 0 Å². The number of phenols is 1. The maximum atomic E-state index is 9.55. The minimum Gasteiger partial charge on any atom is -0.508 e. The molecule has 1 saturated heterocycles. The van der Waals surface area contributed by atoms with Crippen molar-refractivity contribution in [1.29, 1.82) is 0 Å². The van der Waals surface area contributed by atoms with E-state index in [1.165, 1.54) is 0 Å². The summed E-state index contributed by atoms with van der Waals surface area (Å²) in [5.74, 6) is 0.259. The largest absolute Gasteiger partial charge is 0.508 e. The highest BCUT2D eigenvalue weighted by atomic mass is 16.3. The van der Waals surface area contributed by atoms with E-state index in [1.54, 1.807) is 12.1 Å². The SMILES string of the molecule is CN1CCN(C(CO)c2cccc(O)c2)CC1. The van der Waals surface area contributed by atoms with Gasteiger partial charge in [-0.2, -0.15) is 0 Å². The smallest absolute Gasteiger partial charge is 0.115 e. The fraction of sp³-hybridized carbons (Fsp3) is 0.538. The van der Waals surface area contributed by atoms with Gasteiger partial charge in [0, 0.05) is 26.2 Å². The van der Waals surface area contributed by atoms with Gasteiger partial charge < -0.3 is 15.1 Å². The van der Waals surface area contributed by atoms with Gasteiger partial charge in [-0.05, 0) is 24.7 Å². The number of hydrogen-bond acceptors (Lipinski definition) is 4. The first-order chi connectivity index (χ1) is 8.20. The molecule has 0 aromatic heterocycles. The molecule has 2 N–H and O–H groups in total. The molecule has 0 amide bonds. The Morgan fingerprint density at radius 3 is 2.53 bits per heavy atom. The summed E-state index contributed by atoms with van der Waals surface area (Å²) in [6.07, 6.45) is 0. The molecule has 0 aliphatic carbocycles. The van der Waals surface area contributed by atoms with Crippen LogP contribution in [0.1, 0.15) is 11.6 Å². The summed E-state index contributed by atoms with van der Waals surface area (Å²) >= 11 is 0. The predicted octanol–water partition coefficient (Wildman–Crippen LogP) is 0.673. The molecular weight excluding hydrogens is 216 g/mol. The first-order valence-electron chi connectivity index (χ1n) is 6.03. The number of piperazine rings is 1.